The number of sulfonamides is 1. The normalized spacial score (nSPS) is 20.5. The van der Waals surface area contributed by atoms with Gasteiger partial charge in [-0.2, -0.15) is 17.5 Å². The van der Waals surface area contributed by atoms with E-state index in [0.717, 1.165) is 25.0 Å². The van der Waals surface area contributed by atoms with Crippen LogP contribution in [-0.2, 0) is 21.0 Å². The van der Waals surface area contributed by atoms with Gasteiger partial charge in [-0.3, -0.25) is 9.69 Å². The van der Waals surface area contributed by atoms with Gasteiger partial charge in [-0.05, 0) is 24.1 Å². The monoisotopic (exact) mass is 418 g/mol. The minimum absolute atomic E-state index is 0.162. The molecule has 1 aliphatic carbocycles. The molecule has 1 heterocycles. The zero-order chi connectivity index (χ0) is 20.4. The molecule has 1 aromatic rings. The van der Waals surface area contributed by atoms with Crippen molar-refractivity contribution in [3.05, 3.63) is 29.8 Å². The molecule has 1 saturated heterocycles. The quantitative estimate of drug-likeness (QED) is 0.712. The van der Waals surface area contributed by atoms with E-state index in [9.17, 15) is 26.4 Å². The molecule has 1 saturated carbocycles. The number of carbonyl (C=O) groups excluding carboxylic acids is 1. The third-order valence-electron chi connectivity index (χ3n) is 5.52. The number of Topliss-reactive ketones (excluding diaryl/α,β-unsaturated/α-hetero) is 1. The summed E-state index contributed by atoms with van der Waals surface area (Å²) in [5, 5.41) is 0. The molecule has 1 aliphatic heterocycles. The Morgan fingerprint density at radius 1 is 1.07 bits per heavy atom. The summed E-state index contributed by atoms with van der Waals surface area (Å²) < 4.78 is 65.2. The smallest absolute Gasteiger partial charge is 0.298 e. The first-order chi connectivity index (χ1) is 13.2. The number of ketones is 1. The molecule has 0 bridgehead atoms. The van der Waals surface area contributed by atoms with Gasteiger partial charge in [0.2, 0.25) is 10.0 Å². The maximum atomic E-state index is 12.9. The van der Waals surface area contributed by atoms with E-state index in [1.165, 1.54) is 23.2 Å². The van der Waals surface area contributed by atoms with Crippen molar-refractivity contribution in [2.24, 2.45) is 5.92 Å². The second-order valence-electron chi connectivity index (χ2n) is 7.60. The summed E-state index contributed by atoms with van der Waals surface area (Å²) in [6, 6.07) is 3.81. The number of benzene rings is 1. The SMILES string of the molecule is O=C(CC1CCCC1)CN1CCN(S(=O)(=O)c2cccc(C(F)(F)F)c2)CC1. The number of alkyl halides is 3. The Labute approximate surface area is 163 Å². The molecule has 2 aliphatic rings. The molecule has 0 spiro atoms. The second kappa shape index (κ2) is 8.51. The molecule has 0 N–H and O–H groups in total. The largest absolute Gasteiger partial charge is 0.416 e. The van der Waals surface area contributed by atoms with Crippen molar-refractivity contribution in [2.75, 3.05) is 32.7 Å². The summed E-state index contributed by atoms with van der Waals surface area (Å²) in [5.74, 6) is 0.663. The Morgan fingerprint density at radius 3 is 2.32 bits per heavy atom. The average Bonchev–Trinajstić information content (AvgIpc) is 3.14. The molecule has 0 radical (unpaired) electrons. The van der Waals surface area contributed by atoms with Gasteiger partial charge in [-0.1, -0.05) is 31.7 Å². The Hall–Kier alpha value is -1.45. The number of hydrogen-bond acceptors (Lipinski definition) is 4. The highest BCUT2D eigenvalue weighted by Crippen LogP contribution is 2.31. The Balaban J connectivity index is 1.57. The molecule has 9 heteroatoms. The van der Waals surface area contributed by atoms with Crippen LogP contribution in [-0.4, -0.2) is 56.1 Å². The van der Waals surface area contributed by atoms with Crippen LogP contribution < -0.4 is 0 Å². The number of halogens is 3. The third-order valence-corrected chi connectivity index (χ3v) is 7.42. The van der Waals surface area contributed by atoms with Gasteiger partial charge in [0.15, 0.2) is 0 Å². The van der Waals surface area contributed by atoms with Crippen LogP contribution in [0.2, 0.25) is 0 Å². The van der Waals surface area contributed by atoms with Crippen molar-refractivity contribution >= 4 is 15.8 Å². The molecule has 5 nitrogen and oxygen atoms in total. The van der Waals surface area contributed by atoms with Gasteiger partial charge in [0.05, 0.1) is 17.0 Å². The highest BCUT2D eigenvalue weighted by Gasteiger charge is 2.34. The molecule has 156 valence electrons. The number of nitrogens with zero attached hydrogens (tertiary/aromatic N) is 2. The Bertz CT molecular complexity index is 797. The predicted octanol–water partition coefficient (Wildman–Crippen LogP) is 3.16. The van der Waals surface area contributed by atoms with Gasteiger partial charge < -0.3 is 0 Å². The molecule has 3 rings (SSSR count). The highest BCUT2D eigenvalue weighted by molar-refractivity contribution is 7.89. The maximum Gasteiger partial charge on any atom is 0.416 e. The summed E-state index contributed by atoms with van der Waals surface area (Å²) in [5.41, 5.74) is -0.982. The Morgan fingerprint density at radius 2 is 1.71 bits per heavy atom. The van der Waals surface area contributed by atoms with Gasteiger partial charge in [-0.15, -0.1) is 0 Å². The summed E-state index contributed by atoms with van der Waals surface area (Å²) in [6.45, 7) is 1.43. The molecule has 2 fully saturated rings. The summed E-state index contributed by atoms with van der Waals surface area (Å²) in [4.78, 5) is 13.8. The summed E-state index contributed by atoms with van der Waals surface area (Å²) >= 11 is 0. The minimum Gasteiger partial charge on any atom is -0.298 e. The van der Waals surface area contributed by atoms with Crippen LogP contribution in [0, 0.1) is 5.92 Å². The van der Waals surface area contributed by atoms with E-state index in [1.807, 2.05) is 4.90 Å². The van der Waals surface area contributed by atoms with Crippen LogP contribution in [0.4, 0.5) is 13.2 Å². The number of hydrogen-bond donors (Lipinski definition) is 0. The molecule has 1 aromatic carbocycles. The zero-order valence-electron chi connectivity index (χ0n) is 15.6. The first-order valence-corrected chi connectivity index (χ1v) is 11.0. The highest BCUT2D eigenvalue weighted by atomic mass is 32.2. The van der Waals surface area contributed by atoms with E-state index in [0.29, 0.717) is 38.0 Å². The van der Waals surface area contributed by atoms with Crippen LogP contribution >= 0.6 is 0 Å². The fourth-order valence-corrected chi connectivity index (χ4v) is 5.43. The average molecular weight is 418 g/mol. The lowest BCUT2D eigenvalue weighted by atomic mass is 10.0. The molecule has 0 unspecified atom stereocenters. The van der Waals surface area contributed by atoms with Gasteiger partial charge in [0, 0.05) is 32.6 Å². The topological polar surface area (TPSA) is 57.7 Å². The van der Waals surface area contributed by atoms with Crippen LogP contribution in [0.1, 0.15) is 37.7 Å². The fraction of sp³-hybridized carbons (Fsp3) is 0.632. The first-order valence-electron chi connectivity index (χ1n) is 9.58. The molecular weight excluding hydrogens is 393 g/mol. The number of rotatable bonds is 6. The molecular formula is C19H25F3N2O3S. The van der Waals surface area contributed by atoms with E-state index < -0.39 is 21.8 Å². The van der Waals surface area contributed by atoms with E-state index in [2.05, 4.69) is 0 Å². The van der Waals surface area contributed by atoms with Crippen molar-refractivity contribution in [3.8, 4) is 0 Å². The molecule has 28 heavy (non-hydrogen) atoms. The second-order valence-corrected chi connectivity index (χ2v) is 9.54. The fourth-order valence-electron chi connectivity index (χ4n) is 3.96. The number of carbonyl (C=O) groups is 1. The van der Waals surface area contributed by atoms with Crippen LogP contribution in [0.3, 0.4) is 0 Å². The lowest BCUT2D eigenvalue weighted by molar-refractivity contribution is -0.137. The van der Waals surface area contributed by atoms with Crippen molar-refractivity contribution < 1.29 is 26.4 Å². The van der Waals surface area contributed by atoms with E-state index in [-0.39, 0.29) is 23.8 Å². The molecule has 0 atom stereocenters. The van der Waals surface area contributed by atoms with Crippen molar-refractivity contribution in [1.29, 1.82) is 0 Å². The van der Waals surface area contributed by atoms with Crippen LogP contribution in [0.25, 0.3) is 0 Å². The van der Waals surface area contributed by atoms with Crippen molar-refractivity contribution in [3.63, 3.8) is 0 Å². The maximum absolute atomic E-state index is 12.9. The van der Waals surface area contributed by atoms with Crippen molar-refractivity contribution in [1.82, 2.24) is 9.21 Å². The molecule has 0 amide bonds. The number of piperazine rings is 1. The van der Waals surface area contributed by atoms with E-state index in [4.69, 9.17) is 0 Å². The standard InChI is InChI=1S/C19H25F3N2O3S/c20-19(21,22)16-6-3-7-18(13-16)28(26,27)24-10-8-23(9-11-24)14-17(25)12-15-4-1-2-5-15/h3,6-7,13,15H,1-2,4-5,8-12,14H2. The first kappa shape index (κ1) is 21.3. The zero-order valence-corrected chi connectivity index (χ0v) is 16.4. The lowest BCUT2D eigenvalue weighted by Gasteiger charge is -2.33. The van der Waals surface area contributed by atoms with Crippen molar-refractivity contribution in [2.45, 2.75) is 43.2 Å². The van der Waals surface area contributed by atoms with Gasteiger partial charge >= 0.3 is 6.18 Å². The van der Waals surface area contributed by atoms with Crippen LogP contribution in [0.5, 0.6) is 0 Å². The minimum atomic E-state index is -4.59. The Kier molecular flexibility index (Phi) is 6.46. The predicted molar refractivity (Wildman–Crippen MR) is 98.2 cm³/mol. The van der Waals surface area contributed by atoms with E-state index in [1.54, 1.807) is 0 Å². The lowest BCUT2D eigenvalue weighted by Crippen LogP contribution is -2.49. The van der Waals surface area contributed by atoms with Gasteiger partial charge in [-0.25, -0.2) is 8.42 Å². The third kappa shape index (κ3) is 5.12. The summed E-state index contributed by atoms with van der Waals surface area (Å²) in [6.07, 6.45) is 0.574. The summed E-state index contributed by atoms with van der Waals surface area (Å²) in [7, 11) is -3.99. The van der Waals surface area contributed by atoms with Crippen LogP contribution in [0.15, 0.2) is 29.2 Å². The van der Waals surface area contributed by atoms with E-state index >= 15 is 0 Å². The molecule has 0 aromatic heterocycles. The van der Waals surface area contributed by atoms with Gasteiger partial charge in [0.1, 0.15) is 5.78 Å². The van der Waals surface area contributed by atoms with Gasteiger partial charge in [0.25, 0.3) is 0 Å².